The molecule has 2 amide bonds. The normalized spacial score (nSPS) is 14.7. The summed E-state index contributed by atoms with van der Waals surface area (Å²) < 4.78 is 0. The molecule has 0 saturated heterocycles. The molecule has 6 heteroatoms. The molecule has 6 nitrogen and oxygen atoms in total. The summed E-state index contributed by atoms with van der Waals surface area (Å²) in [4.78, 5) is 26.8. The van der Waals surface area contributed by atoms with Crippen LogP contribution in [0.15, 0.2) is 36.4 Å². The minimum Gasteiger partial charge on any atom is -0.397 e. The van der Waals surface area contributed by atoms with Gasteiger partial charge in [-0.15, -0.1) is 0 Å². The number of nitrogens with one attached hydrogen (secondary N) is 1. The molecule has 2 aromatic rings. The zero-order valence-electron chi connectivity index (χ0n) is 15.0. The van der Waals surface area contributed by atoms with Gasteiger partial charge in [0.15, 0.2) is 0 Å². The van der Waals surface area contributed by atoms with E-state index in [-0.39, 0.29) is 11.8 Å². The number of anilines is 3. The number of nitrogens with two attached hydrogens (primary N) is 1. The third-order valence-corrected chi connectivity index (χ3v) is 4.75. The van der Waals surface area contributed by atoms with Crippen LogP contribution in [-0.4, -0.2) is 18.4 Å². The summed E-state index contributed by atoms with van der Waals surface area (Å²) in [5, 5.41) is 11.6. The SMILES string of the molecule is CCN1C(=O)C(C)(C)c2cc(NC(=O)c3ccc(C#N)cc3)c(N)cc21. The molecule has 1 aliphatic heterocycles. The number of nitrogen functional groups attached to an aromatic ring is 1. The van der Waals surface area contributed by atoms with E-state index in [1.54, 1.807) is 41.3 Å². The molecule has 0 saturated carbocycles. The average Bonchev–Trinajstić information content (AvgIpc) is 2.81. The lowest BCUT2D eigenvalue weighted by molar-refractivity contribution is -0.122. The van der Waals surface area contributed by atoms with Crippen molar-refractivity contribution >= 4 is 28.9 Å². The van der Waals surface area contributed by atoms with Crippen LogP contribution in [0.25, 0.3) is 0 Å². The van der Waals surface area contributed by atoms with Gasteiger partial charge in [0.25, 0.3) is 5.91 Å². The highest BCUT2D eigenvalue weighted by Crippen LogP contribution is 2.44. The largest absolute Gasteiger partial charge is 0.397 e. The van der Waals surface area contributed by atoms with Crippen LogP contribution in [0, 0.1) is 11.3 Å². The van der Waals surface area contributed by atoms with Crippen LogP contribution in [0.3, 0.4) is 0 Å². The first kappa shape index (κ1) is 17.5. The fourth-order valence-electron chi connectivity index (χ4n) is 3.20. The number of hydrogen-bond donors (Lipinski definition) is 2. The highest BCUT2D eigenvalue weighted by molar-refractivity contribution is 6.10. The fourth-order valence-corrected chi connectivity index (χ4v) is 3.20. The monoisotopic (exact) mass is 348 g/mol. The number of benzene rings is 2. The Bertz CT molecular complexity index is 940. The van der Waals surface area contributed by atoms with E-state index in [2.05, 4.69) is 5.32 Å². The highest BCUT2D eigenvalue weighted by Gasteiger charge is 2.43. The molecule has 3 N–H and O–H groups in total. The Kier molecular flexibility index (Phi) is 4.17. The van der Waals surface area contributed by atoms with Crippen LogP contribution < -0.4 is 16.0 Å². The number of nitrogens with zero attached hydrogens (tertiary/aromatic N) is 2. The quantitative estimate of drug-likeness (QED) is 0.833. The van der Waals surface area contributed by atoms with Crippen molar-refractivity contribution in [3.05, 3.63) is 53.1 Å². The lowest BCUT2D eigenvalue weighted by atomic mass is 9.86. The molecular weight excluding hydrogens is 328 g/mol. The van der Waals surface area contributed by atoms with Gasteiger partial charge in [-0.3, -0.25) is 9.59 Å². The Labute approximate surface area is 152 Å². The Balaban J connectivity index is 1.95. The molecule has 132 valence electrons. The number of rotatable bonds is 3. The third kappa shape index (κ3) is 2.68. The summed E-state index contributed by atoms with van der Waals surface area (Å²) in [6, 6.07) is 11.9. The van der Waals surface area contributed by atoms with Crippen molar-refractivity contribution < 1.29 is 9.59 Å². The van der Waals surface area contributed by atoms with Gasteiger partial charge >= 0.3 is 0 Å². The van der Waals surface area contributed by atoms with Gasteiger partial charge in [-0.2, -0.15) is 5.26 Å². The van der Waals surface area contributed by atoms with E-state index in [0.717, 1.165) is 11.3 Å². The Hall–Kier alpha value is -3.33. The van der Waals surface area contributed by atoms with E-state index >= 15 is 0 Å². The maximum atomic E-state index is 12.6. The van der Waals surface area contributed by atoms with Crippen LogP contribution in [-0.2, 0) is 10.2 Å². The van der Waals surface area contributed by atoms with Crippen molar-refractivity contribution in [3.63, 3.8) is 0 Å². The molecule has 0 unspecified atom stereocenters. The number of hydrogen-bond acceptors (Lipinski definition) is 4. The molecule has 0 bridgehead atoms. The summed E-state index contributed by atoms with van der Waals surface area (Å²) in [6.45, 7) is 6.21. The third-order valence-electron chi connectivity index (χ3n) is 4.75. The van der Waals surface area contributed by atoms with Crippen molar-refractivity contribution in [2.24, 2.45) is 0 Å². The van der Waals surface area contributed by atoms with Gasteiger partial charge in [-0.25, -0.2) is 0 Å². The molecule has 0 aliphatic carbocycles. The second kappa shape index (κ2) is 6.19. The molecule has 3 rings (SSSR count). The summed E-state index contributed by atoms with van der Waals surface area (Å²) >= 11 is 0. The van der Waals surface area contributed by atoms with Gasteiger partial charge in [0.2, 0.25) is 5.91 Å². The molecule has 1 heterocycles. The van der Waals surface area contributed by atoms with E-state index in [1.807, 2.05) is 26.8 Å². The standard InChI is InChI=1S/C20H20N4O2/c1-4-24-17-10-15(22)16(9-14(17)20(2,3)19(24)26)23-18(25)13-7-5-12(11-21)6-8-13/h5-10H,4,22H2,1-3H3,(H,23,25). The van der Waals surface area contributed by atoms with Crippen LogP contribution in [0.2, 0.25) is 0 Å². The first-order chi connectivity index (χ1) is 12.3. The number of carbonyl (C=O) groups excluding carboxylic acids is 2. The Morgan fingerprint density at radius 1 is 1.27 bits per heavy atom. The van der Waals surface area contributed by atoms with E-state index in [9.17, 15) is 9.59 Å². The molecule has 26 heavy (non-hydrogen) atoms. The van der Waals surface area contributed by atoms with Crippen molar-refractivity contribution in [2.45, 2.75) is 26.2 Å². The Morgan fingerprint density at radius 2 is 1.92 bits per heavy atom. The van der Waals surface area contributed by atoms with Crippen LogP contribution >= 0.6 is 0 Å². The van der Waals surface area contributed by atoms with Crippen molar-refractivity contribution in [3.8, 4) is 6.07 Å². The number of amides is 2. The molecule has 0 atom stereocenters. The van der Waals surface area contributed by atoms with E-state index < -0.39 is 5.41 Å². The summed E-state index contributed by atoms with van der Waals surface area (Å²) in [5.74, 6) is -0.305. The summed E-state index contributed by atoms with van der Waals surface area (Å²) in [7, 11) is 0. The zero-order valence-corrected chi connectivity index (χ0v) is 15.0. The topological polar surface area (TPSA) is 99.2 Å². The molecule has 1 aliphatic rings. The lowest BCUT2D eigenvalue weighted by Crippen LogP contribution is -2.35. The van der Waals surface area contributed by atoms with Crippen LogP contribution in [0.4, 0.5) is 17.1 Å². The molecule has 0 fully saturated rings. The van der Waals surface area contributed by atoms with Gasteiger partial charge in [-0.05, 0) is 62.7 Å². The van der Waals surface area contributed by atoms with Gasteiger partial charge in [0.05, 0.1) is 34.1 Å². The average molecular weight is 348 g/mol. The summed E-state index contributed by atoms with van der Waals surface area (Å²) in [5.41, 5.74) is 8.85. The van der Waals surface area contributed by atoms with Gasteiger partial charge in [-0.1, -0.05) is 0 Å². The molecule has 0 aromatic heterocycles. The number of nitriles is 1. The molecular formula is C20H20N4O2. The first-order valence-corrected chi connectivity index (χ1v) is 8.37. The van der Waals surface area contributed by atoms with Crippen LogP contribution in [0.1, 0.15) is 42.3 Å². The molecule has 2 aromatic carbocycles. The maximum Gasteiger partial charge on any atom is 0.255 e. The number of carbonyl (C=O) groups is 2. The van der Waals surface area contributed by atoms with Gasteiger partial charge < -0.3 is 16.0 Å². The minimum absolute atomic E-state index is 0.0185. The predicted molar refractivity (Wildman–Crippen MR) is 101 cm³/mol. The van der Waals surface area contributed by atoms with E-state index in [0.29, 0.717) is 29.0 Å². The number of likely N-dealkylation sites (N-methyl/N-ethyl adjacent to an activating group) is 1. The second-order valence-corrected chi connectivity index (χ2v) is 6.77. The van der Waals surface area contributed by atoms with E-state index in [4.69, 9.17) is 11.0 Å². The Morgan fingerprint density at radius 3 is 2.50 bits per heavy atom. The van der Waals surface area contributed by atoms with Crippen molar-refractivity contribution in [1.29, 1.82) is 5.26 Å². The number of fused-ring (bicyclic) bond motifs is 1. The van der Waals surface area contributed by atoms with Crippen molar-refractivity contribution in [1.82, 2.24) is 0 Å². The predicted octanol–water partition coefficient (Wildman–Crippen LogP) is 3.04. The van der Waals surface area contributed by atoms with Crippen molar-refractivity contribution in [2.75, 3.05) is 22.5 Å². The van der Waals surface area contributed by atoms with Gasteiger partial charge in [0.1, 0.15) is 0 Å². The van der Waals surface area contributed by atoms with E-state index in [1.165, 1.54) is 0 Å². The summed E-state index contributed by atoms with van der Waals surface area (Å²) in [6.07, 6.45) is 0. The smallest absolute Gasteiger partial charge is 0.255 e. The molecule has 0 spiro atoms. The first-order valence-electron chi connectivity index (χ1n) is 8.37. The van der Waals surface area contributed by atoms with Gasteiger partial charge in [0, 0.05) is 12.1 Å². The lowest BCUT2D eigenvalue weighted by Gasteiger charge is -2.18. The van der Waals surface area contributed by atoms with Crippen LogP contribution in [0.5, 0.6) is 0 Å². The zero-order chi connectivity index (χ0) is 19.1. The molecule has 0 radical (unpaired) electrons. The highest BCUT2D eigenvalue weighted by atomic mass is 16.2. The second-order valence-electron chi connectivity index (χ2n) is 6.77. The fraction of sp³-hybridized carbons (Fsp3) is 0.250. The maximum absolute atomic E-state index is 12.6. The minimum atomic E-state index is -0.674.